The summed E-state index contributed by atoms with van der Waals surface area (Å²) in [5.41, 5.74) is 4.67. The Labute approximate surface area is 158 Å². The maximum Gasteiger partial charge on any atom is 0.00502 e. The van der Waals surface area contributed by atoms with Crippen LogP contribution in [-0.2, 0) is 6.42 Å². The molecular formula is C24H32N2. The fraction of sp³-hybridized carbons (Fsp3) is 0.500. The van der Waals surface area contributed by atoms with Crippen molar-refractivity contribution in [3.8, 4) is 11.1 Å². The van der Waals surface area contributed by atoms with Gasteiger partial charge in [-0.2, -0.15) is 0 Å². The Bertz CT molecular complexity index is 666. The standard InChI is InChI=1S/C24H32N2/c1-2-8-22(9-3-1)23-12-10-21(11-13-23)7-4-17-26-18-6-15-24(20-26)14-5-16-25-19-24/h1-3,8-13,25H,4-7,14-20H2. The molecular weight excluding hydrogens is 316 g/mol. The number of hydrogen-bond acceptors (Lipinski definition) is 2. The normalized spacial score (nSPS) is 24.0. The van der Waals surface area contributed by atoms with Crippen LogP contribution >= 0.6 is 0 Å². The summed E-state index contributed by atoms with van der Waals surface area (Å²) in [6.07, 6.45) is 8.06. The molecule has 138 valence electrons. The van der Waals surface area contributed by atoms with Crippen molar-refractivity contribution in [1.82, 2.24) is 10.2 Å². The molecule has 2 aromatic rings. The van der Waals surface area contributed by atoms with Crippen LogP contribution in [0, 0.1) is 5.41 Å². The Hall–Kier alpha value is -1.64. The van der Waals surface area contributed by atoms with E-state index in [4.69, 9.17) is 0 Å². The van der Waals surface area contributed by atoms with Gasteiger partial charge in [0.1, 0.15) is 0 Å². The number of benzene rings is 2. The van der Waals surface area contributed by atoms with Crippen LogP contribution in [-0.4, -0.2) is 37.6 Å². The van der Waals surface area contributed by atoms with Crippen LogP contribution in [0.2, 0.25) is 0 Å². The maximum absolute atomic E-state index is 3.64. The fourth-order valence-corrected chi connectivity index (χ4v) is 4.88. The molecule has 2 heteroatoms. The molecule has 1 N–H and O–H groups in total. The van der Waals surface area contributed by atoms with E-state index in [0.717, 1.165) is 0 Å². The lowest BCUT2D eigenvalue weighted by Crippen LogP contribution is -2.51. The monoisotopic (exact) mass is 348 g/mol. The van der Waals surface area contributed by atoms with Gasteiger partial charge in [-0.15, -0.1) is 0 Å². The first-order valence-electron chi connectivity index (χ1n) is 10.4. The molecule has 0 radical (unpaired) electrons. The van der Waals surface area contributed by atoms with Crippen molar-refractivity contribution >= 4 is 0 Å². The third kappa shape index (κ3) is 4.36. The number of nitrogens with one attached hydrogen (secondary N) is 1. The Kier molecular flexibility index (Phi) is 5.72. The minimum Gasteiger partial charge on any atom is -0.316 e. The third-order valence-corrected chi connectivity index (χ3v) is 6.30. The molecule has 1 atom stereocenters. The van der Waals surface area contributed by atoms with Gasteiger partial charge >= 0.3 is 0 Å². The van der Waals surface area contributed by atoms with Crippen LogP contribution in [0.1, 0.15) is 37.7 Å². The van der Waals surface area contributed by atoms with Crippen molar-refractivity contribution in [3.63, 3.8) is 0 Å². The van der Waals surface area contributed by atoms with Crippen molar-refractivity contribution in [1.29, 1.82) is 0 Å². The first kappa shape index (κ1) is 17.8. The van der Waals surface area contributed by atoms with Gasteiger partial charge < -0.3 is 10.2 Å². The van der Waals surface area contributed by atoms with Gasteiger partial charge in [0.15, 0.2) is 0 Å². The van der Waals surface area contributed by atoms with Crippen molar-refractivity contribution < 1.29 is 0 Å². The van der Waals surface area contributed by atoms with Gasteiger partial charge in [-0.1, -0.05) is 54.6 Å². The van der Waals surface area contributed by atoms with Crippen LogP contribution in [0.25, 0.3) is 11.1 Å². The van der Waals surface area contributed by atoms with E-state index in [-0.39, 0.29) is 0 Å². The zero-order chi connectivity index (χ0) is 17.7. The van der Waals surface area contributed by atoms with Crippen LogP contribution in [0.15, 0.2) is 54.6 Å². The van der Waals surface area contributed by atoms with E-state index in [0.29, 0.717) is 5.41 Å². The molecule has 2 saturated heterocycles. The van der Waals surface area contributed by atoms with Crippen LogP contribution in [0.5, 0.6) is 0 Å². The molecule has 2 aromatic carbocycles. The van der Waals surface area contributed by atoms with E-state index in [1.54, 1.807) is 0 Å². The highest BCUT2D eigenvalue weighted by atomic mass is 15.1. The molecule has 2 aliphatic rings. The summed E-state index contributed by atoms with van der Waals surface area (Å²) >= 11 is 0. The molecule has 4 rings (SSSR count). The number of hydrogen-bond donors (Lipinski definition) is 1. The quantitative estimate of drug-likeness (QED) is 0.839. The van der Waals surface area contributed by atoms with Crippen molar-refractivity contribution in [2.75, 3.05) is 32.7 Å². The predicted molar refractivity (Wildman–Crippen MR) is 110 cm³/mol. The second-order valence-corrected chi connectivity index (χ2v) is 8.33. The Balaban J connectivity index is 1.27. The molecule has 2 nitrogen and oxygen atoms in total. The van der Waals surface area contributed by atoms with Crippen LogP contribution < -0.4 is 5.32 Å². The van der Waals surface area contributed by atoms with Crippen molar-refractivity contribution in [3.05, 3.63) is 60.2 Å². The second kappa shape index (κ2) is 8.37. The number of aryl methyl sites for hydroxylation is 1. The van der Waals surface area contributed by atoms with Gasteiger partial charge in [0.2, 0.25) is 0 Å². The summed E-state index contributed by atoms with van der Waals surface area (Å²) < 4.78 is 0. The Morgan fingerprint density at radius 2 is 1.65 bits per heavy atom. The lowest BCUT2D eigenvalue weighted by atomic mass is 9.74. The predicted octanol–water partition coefficient (Wildman–Crippen LogP) is 4.75. The highest BCUT2D eigenvalue weighted by molar-refractivity contribution is 5.63. The van der Waals surface area contributed by atoms with Gasteiger partial charge in [-0.25, -0.2) is 0 Å². The van der Waals surface area contributed by atoms with Crippen LogP contribution in [0.4, 0.5) is 0 Å². The summed E-state index contributed by atoms with van der Waals surface area (Å²) in [5, 5.41) is 3.64. The van der Waals surface area contributed by atoms with Crippen molar-refractivity contribution in [2.45, 2.75) is 38.5 Å². The lowest BCUT2D eigenvalue weighted by Gasteiger charge is -2.45. The highest BCUT2D eigenvalue weighted by Gasteiger charge is 2.36. The van der Waals surface area contributed by atoms with Gasteiger partial charge in [0, 0.05) is 13.1 Å². The molecule has 1 spiro atoms. The molecule has 2 fully saturated rings. The van der Waals surface area contributed by atoms with Crippen molar-refractivity contribution in [2.24, 2.45) is 5.41 Å². The minimum atomic E-state index is 0.577. The topological polar surface area (TPSA) is 15.3 Å². The Morgan fingerprint density at radius 1 is 0.885 bits per heavy atom. The summed E-state index contributed by atoms with van der Waals surface area (Å²) in [5.74, 6) is 0. The molecule has 0 amide bonds. The second-order valence-electron chi connectivity index (χ2n) is 8.33. The zero-order valence-electron chi connectivity index (χ0n) is 15.9. The van der Waals surface area contributed by atoms with E-state index >= 15 is 0 Å². The number of nitrogens with zero attached hydrogens (tertiary/aromatic N) is 1. The first-order valence-corrected chi connectivity index (χ1v) is 10.4. The average molecular weight is 349 g/mol. The molecule has 1 unspecified atom stereocenters. The van der Waals surface area contributed by atoms with E-state index in [2.05, 4.69) is 64.8 Å². The molecule has 26 heavy (non-hydrogen) atoms. The number of rotatable bonds is 5. The summed E-state index contributed by atoms with van der Waals surface area (Å²) in [7, 11) is 0. The summed E-state index contributed by atoms with van der Waals surface area (Å²) in [4.78, 5) is 2.73. The summed E-state index contributed by atoms with van der Waals surface area (Å²) in [6.45, 7) is 6.33. The van der Waals surface area contributed by atoms with E-state index < -0.39 is 0 Å². The number of likely N-dealkylation sites (tertiary alicyclic amines) is 1. The average Bonchev–Trinajstić information content (AvgIpc) is 2.70. The largest absolute Gasteiger partial charge is 0.316 e. The molecule has 0 aliphatic carbocycles. The maximum atomic E-state index is 3.64. The SMILES string of the molecule is c1ccc(-c2ccc(CCCN3CCCC4(CCCNC4)C3)cc2)cc1. The smallest absolute Gasteiger partial charge is 0.00502 e. The molecule has 2 aliphatic heterocycles. The van der Waals surface area contributed by atoms with Gasteiger partial charge in [-0.3, -0.25) is 0 Å². The van der Waals surface area contributed by atoms with E-state index in [9.17, 15) is 0 Å². The fourth-order valence-electron chi connectivity index (χ4n) is 4.88. The van der Waals surface area contributed by atoms with E-state index in [1.165, 1.54) is 87.9 Å². The van der Waals surface area contributed by atoms with Gasteiger partial charge in [0.25, 0.3) is 0 Å². The first-order chi connectivity index (χ1) is 12.8. The summed E-state index contributed by atoms with van der Waals surface area (Å²) in [6, 6.07) is 19.8. The van der Waals surface area contributed by atoms with Crippen LogP contribution in [0.3, 0.4) is 0 Å². The highest BCUT2D eigenvalue weighted by Crippen LogP contribution is 2.35. The Morgan fingerprint density at radius 3 is 2.42 bits per heavy atom. The van der Waals surface area contributed by atoms with Gasteiger partial charge in [0.05, 0.1) is 0 Å². The lowest BCUT2D eigenvalue weighted by molar-refractivity contribution is 0.0641. The van der Waals surface area contributed by atoms with E-state index in [1.807, 2.05) is 0 Å². The molecule has 2 heterocycles. The molecule has 0 saturated carbocycles. The minimum absolute atomic E-state index is 0.577. The van der Waals surface area contributed by atoms with Gasteiger partial charge in [-0.05, 0) is 80.3 Å². The number of piperidine rings is 2. The zero-order valence-corrected chi connectivity index (χ0v) is 15.9. The molecule has 0 aromatic heterocycles. The third-order valence-electron chi connectivity index (χ3n) is 6.30. The molecule has 0 bridgehead atoms.